The van der Waals surface area contributed by atoms with Gasteiger partial charge in [0.1, 0.15) is 0 Å². The molecule has 0 radical (unpaired) electrons. The Balaban J connectivity index is 1.97. The first-order chi connectivity index (χ1) is 8.81. The van der Waals surface area contributed by atoms with Crippen molar-refractivity contribution in [2.45, 2.75) is 38.1 Å². The molecular formula is C15H19NS2. The van der Waals surface area contributed by atoms with E-state index in [9.17, 15) is 0 Å². The number of likely N-dealkylation sites (N-methyl/N-ethyl adjacent to an activating group) is 1. The van der Waals surface area contributed by atoms with Crippen LogP contribution in [0.3, 0.4) is 0 Å². The van der Waals surface area contributed by atoms with E-state index in [2.05, 4.69) is 42.2 Å². The summed E-state index contributed by atoms with van der Waals surface area (Å²) in [5, 5.41) is 8.03. The second-order valence-electron chi connectivity index (χ2n) is 5.00. The Morgan fingerprint density at radius 2 is 2.11 bits per heavy atom. The van der Waals surface area contributed by atoms with E-state index in [0.717, 1.165) is 0 Å². The van der Waals surface area contributed by atoms with Crippen LogP contribution < -0.4 is 5.32 Å². The van der Waals surface area contributed by atoms with Crippen LogP contribution in [0.2, 0.25) is 0 Å². The van der Waals surface area contributed by atoms with Gasteiger partial charge in [-0.15, -0.1) is 22.7 Å². The smallest absolute Gasteiger partial charge is 0.0398 e. The Morgan fingerprint density at radius 1 is 1.28 bits per heavy atom. The zero-order valence-corrected chi connectivity index (χ0v) is 12.5. The van der Waals surface area contributed by atoms with Crippen molar-refractivity contribution < 1.29 is 0 Å². The summed E-state index contributed by atoms with van der Waals surface area (Å²) >= 11 is 3.79. The number of hydrogen-bond acceptors (Lipinski definition) is 3. The maximum atomic E-state index is 3.56. The van der Waals surface area contributed by atoms with E-state index in [1.807, 2.05) is 22.7 Å². The maximum Gasteiger partial charge on any atom is 0.0398 e. The molecule has 0 fully saturated rings. The topological polar surface area (TPSA) is 12.0 Å². The van der Waals surface area contributed by atoms with Crippen molar-refractivity contribution in [3.05, 3.63) is 43.8 Å². The highest BCUT2D eigenvalue weighted by Gasteiger charge is 2.29. The highest BCUT2D eigenvalue weighted by molar-refractivity contribution is 7.10. The zero-order valence-electron chi connectivity index (χ0n) is 10.9. The van der Waals surface area contributed by atoms with Gasteiger partial charge in [0.15, 0.2) is 0 Å². The lowest BCUT2D eigenvalue weighted by Gasteiger charge is -2.30. The van der Waals surface area contributed by atoms with Crippen LogP contribution in [0.1, 0.15) is 45.7 Å². The molecule has 2 unspecified atom stereocenters. The monoisotopic (exact) mass is 277 g/mol. The Bertz CT molecular complexity index is 526. The largest absolute Gasteiger partial charge is 0.312 e. The third-order valence-corrected chi connectivity index (χ3v) is 5.90. The van der Waals surface area contributed by atoms with Gasteiger partial charge in [0.25, 0.3) is 0 Å². The lowest BCUT2D eigenvalue weighted by atomic mass is 9.80. The highest BCUT2D eigenvalue weighted by atomic mass is 32.1. The van der Waals surface area contributed by atoms with Crippen LogP contribution in [0.5, 0.6) is 0 Å². The summed E-state index contributed by atoms with van der Waals surface area (Å²) in [7, 11) is 2.10. The first-order valence-electron chi connectivity index (χ1n) is 6.58. The van der Waals surface area contributed by atoms with E-state index >= 15 is 0 Å². The van der Waals surface area contributed by atoms with Crippen LogP contribution in [0.15, 0.2) is 22.9 Å². The molecule has 3 rings (SSSR count). The number of nitrogens with one attached hydrogen (secondary N) is 1. The standard InChI is InChI=1S/C15H19NS2/c1-10-11(6-8-17-10)15(16-2)13-4-3-5-14-12(13)7-9-18-14/h6-9,13,15-16H,3-5H2,1-2H3. The average Bonchev–Trinajstić information content (AvgIpc) is 3.00. The van der Waals surface area contributed by atoms with Crippen molar-refractivity contribution in [1.82, 2.24) is 5.32 Å². The number of rotatable bonds is 3. The molecule has 2 heterocycles. The Labute approximate surface area is 117 Å². The van der Waals surface area contributed by atoms with Crippen molar-refractivity contribution in [3.63, 3.8) is 0 Å². The third kappa shape index (κ3) is 2.04. The summed E-state index contributed by atoms with van der Waals surface area (Å²) < 4.78 is 0. The number of fused-ring (bicyclic) bond motifs is 1. The van der Waals surface area contributed by atoms with Crippen molar-refractivity contribution in [3.8, 4) is 0 Å². The van der Waals surface area contributed by atoms with E-state index in [1.54, 1.807) is 10.4 Å². The van der Waals surface area contributed by atoms with Gasteiger partial charge < -0.3 is 5.32 Å². The number of hydrogen-bond donors (Lipinski definition) is 1. The summed E-state index contributed by atoms with van der Waals surface area (Å²) in [4.78, 5) is 3.07. The fourth-order valence-electron chi connectivity index (χ4n) is 3.16. The molecular weight excluding hydrogens is 258 g/mol. The molecule has 0 bridgehead atoms. The molecule has 0 saturated carbocycles. The van der Waals surface area contributed by atoms with E-state index in [1.165, 1.54) is 29.7 Å². The van der Waals surface area contributed by atoms with Crippen molar-refractivity contribution in [2.75, 3.05) is 7.05 Å². The van der Waals surface area contributed by atoms with Gasteiger partial charge in [-0.2, -0.15) is 0 Å². The van der Waals surface area contributed by atoms with Crippen LogP contribution in [0, 0.1) is 6.92 Å². The minimum atomic E-state index is 0.477. The van der Waals surface area contributed by atoms with Gasteiger partial charge in [-0.25, -0.2) is 0 Å². The quantitative estimate of drug-likeness (QED) is 0.871. The van der Waals surface area contributed by atoms with Gasteiger partial charge in [-0.1, -0.05) is 0 Å². The molecule has 0 spiro atoms. The lowest BCUT2D eigenvalue weighted by molar-refractivity contribution is 0.428. The summed E-state index contributed by atoms with van der Waals surface area (Å²) in [6, 6.07) is 5.11. The Morgan fingerprint density at radius 3 is 2.83 bits per heavy atom. The first kappa shape index (κ1) is 12.4. The second kappa shape index (κ2) is 5.16. The fraction of sp³-hybridized carbons (Fsp3) is 0.467. The minimum Gasteiger partial charge on any atom is -0.312 e. The van der Waals surface area contributed by atoms with Gasteiger partial charge >= 0.3 is 0 Å². The molecule has 0 aromatic carbocycles. The molecule has 2 aromatic rings. The summed E-state index contributed by atoms with van der Waals surface area (Å²) in [5.41, 5.74) is 3.09. The molecule has 0 aliphatic heterocycles. The molecule has 2 aromatic heterocycles. The summed E-state index contributed by atoms with van der Waals surface area (Å²) in [6.45, 7) is 2.24. The van der Waals surface area contributed by atoms with Crippen molar-refractivity contribution in [2.24, 2.45) is 0 Å². The predicted molar refractivity (Wildman–Crippen MR) is 80.9 cm³/mol. The van der Waals surface area contributed by atoms with Crippen LogP contribution in [0.25, 0.3) is 0 Å². The minimum absolute atomic E-state index is 0.477. The molecule has 3 heteroatoms. The van der Waals surface area contributed by atoms with Crippen LogP contribution in [-0.2, 0) is 6.42 Å². The molecule has 1 aliphatic rings. The predicted octanol–water partition coefficient (Wildman–Crippen LogP) is 4.50. The number of aryl methyl sites for hydroxylation is 2. The normalized spacial score (nSPS) is 20.7. The SMILES string of the molecule is CNC(c1ccsc1C)C1CCCc2sccc21. The highest BCUT2D eigenvalue weighted by Crippen LogP contribution is 2.43. The van der Waals surface area contributed by atoms with Gasteiger partial charge in [-0.3, -0.25) is 0 Å². The van der Waals surface area contributed by atoms with Crippen LogP contribution in [0.4, 0.5) is 0 Å². The van der Waals surface area contributed by atoms with Crippen LogP contribution >= 0.6 is 22.7 Å². The Kier molecular flexibility index (Phi) is 3.55. The first-order valence-corrected chi connectivity index (χ1v) is 8.34. The second-order valence-corrected chi connectivity index (χ2v) is 7.12. The van der Waals surface area contributed by atoms with E-state index in [4.69, 9.17) is 0 Å². The van der Waals surface area contributed by atoms with E-state index in [0.29, 0.717) is 12.0 Å². The average molecular weight is 277 g/mol. The van der Waals surface area contributed by atoms with Gasteiger partial charge in [0.2, 0.25) is 0 Å². The summed E-state index contributed by atoms with van der Waals surface area (Å²) in [6.07, 6.45) is 3.92. The molecule has 0 amide bonds. The van der Waals surface area contributed by atoms with Crippen molar-refractivity contribution in [1.29, 1.82) is 0 Å². The fourth-order valence-corrected chi connectivity index (χ4v) is 4.91. The van der Waals surface area contributed by atoms with E-state index in [-0.39, 0.29) is 0 Å². The molecule has 2 atom stereocenters. The molecule has 96 valence electrons. The molecule has 1 N–H and O–H groups in total. The maximum absolute atomic E-state index is 3.56. The third-order valence-electron chi connectivity index (χ3n) is 4.05. The lowest BCUT2D eigenvalue weighted by Crippen LogP contribution is -2.26. The van der Waals surface area contributed by atoms with Crippen molar-refractivity contribution >= 4 is 22.7 Å². The number of thiophene rings is 2. The molecule has 0 saturated heterocycles. The van der Waals surface area contributed by atoms with Gasteiger partial charge in [0.05, 0.1) is 0 Å². The van der Waals surface area contributed by atoms with E-state index < -0.39 is 0 Å². The molecule has 1 nitrogen and oxygen atoms in total. The molecule has 18 heavy (non-hydrogen) atoms. The Hall–Kier alpha value is -0.640. The molecule has 1 aliphatic carbocycles. The van der Waals surface area contributed by atoms with Gasteiger partial charge in [-0.05, 0) is 67.3 Å². The van der Waals surface area contributed by atoms with Gasteiger partial charge in [0, 0.05) is 21.7 Å². The zero-order chi connectivity index (χ0) is 12.5. The van der Waals surface area contributed by atoms with Crippen LogP contribution in [-0.4, -0.2) is 7.05 Å². The summed E-state index contributed by atoms with van der Waals surface area (Å²) in [5.74, 6) is 0.651.